The Morgan fingerprint density at radius 2 is 2.09 bits per heavy atom. The number of carbonyl (C=O) groups is 1. The number of rotatable bonds is 8. The number of thiazole rings is 1. The van der Waals surface area contributed by atoms with Crippen LogP contribution >= 0.6 is 11.3 Å². The summed E-state index contributed by atoms with van der Waals surface area (Å²) < 4.78 is 0. The molecule has 0 radical (unpaired) electrons. The molecular formula is C17H23N3OS. The van der Waals surface area contributed by atoms with Gasteiger partial charge < -0.3 is 10.2 Å². The number of aromatic nitrogens is 1. The summed E-state index contributed by atoms with van der Waals surface area (Å²) in [6.45, 7) is 6.71. The fraction of sp³-hybridized carbons (Fsp3) is 0.412. The van der Waals surface area contributed by atoms with Crippen molar-refractivity contribution < 1.29 is 4.79 Å². The monoisotopic (exact) mass is 317 g/mol. The van der Waals surface area contributed by atoms with Gasteiger partial charge in [0.2, 0.25) is 5.91 Å². The topological polar surface area (TPSA) is 45.2 Å². The van der Waals surface area contributed by atoms with Crippen LogP contribution in [-0.2, 0) is 11.2 Å². The minimum absolute atomic E-state index is 0.0491. The number of nitrogens with zero attached hydrogens (tertiary/aromatic N) is 2. The molecule has 1 aromatic carbocycles. The van der Waals surface area contributed by atoms with Gasteiger partial charge in [-0.25, -0.2) is 4.98 Å². The quantitative estimate of drug-likeness (QED) is 0.761. The lowest BCUT2D eigenvalue weighted by Gasteiger charge is -2.23. The molecule has 0 saturated heterocycles. The van der Waals surface area contributed by atoms with E-state index in [1.54, 1.807) is 11.3 Å². The molecule has 2 aromatic rings. The maximum atomic E-state index is 11.8. The maximum Gasteiger partial charge on any atom is 0.226 e. The van der Waals surface area contributed by atoms with Crippen molar-refractivity contribution in [3.8, 4) is 0 Å². The SMILES string of the molecule is CCN(CCCNC(=O)Cc1csc(C)n1)c1ccccc1. The molecule has 0 aliphatic carbocycles. The molecular weight excluding hydrogens is 294 g/mol. The lowest BCUT2D eigenvalue weighted by molar-refractivity contribution is -0.120. The van der Waals surface area contributed by atoms with Crippen LogP contribution in [-0.4, -0.2) is 30.5 Å². The van der Waals surface area contributed by atoms with E-state index in [9.17, 15) is 4.79 Å². The van der Waals surface area contributed by atoms with Crippen molar-refractivity contribution in [2.45, 2.75) is 26.7 Å². The Bertz CT molecular complexity index is 583. The Morgan fingerprint density at radius 1 is 1.32 bits per heavy atom. The van der Waals surface area contributed by atoms with Gasteiger partial charge in [-0.15, -0.1) is 11.3 Å². The highest BCUT2D eigenvalue weighted by molar-refractivity contribution is 7.09. The van der Waals surface area contributed by atoms with E-state index in [4.69, 9.17) is 0 Å². The first-order valence-corrected chi connectivity index (χ1v) is 8.54. The molecule has 0 aliphatic heterocycles. The molecule has 0 atom stereocenters. The molecule has 0 fully saturated rings. The van der Waals surface area contributed by atoms with Crippen LogP contribution < -0.4 is 10.2 Å². The average molecular weight is 317 g/mol. The Hall–Kier alpha value is -1.88. The summed E-state index contributed by atoms with van der Waals surface area (Å²) in [5.41, 5.74) is 2.09. The van der Waals surface area contributed by atoms with Gasteiger partial charge >= 0.3 is 0 Å². The van der Waals surface area contributed by atoms with Crippen molar-refractivity contribution in [1.29, 1.82) is 0 Å². The second kappa shape index (κ2) is 8.54. The molecule has 1 heterocycles. The Labute approximate surface area is 136 Å². The lowest BCUT2D eigenvalue weighted by atomic mass is 10.2. The van der Waals surface area contributed by atoms with Crippen LogP contribution in [0.4, 0.5) is 5.69 Å². The summed E-state index contributed by atoms with van der Waals surface area (Å²) in [7, 11) is 0. The number of benzene rings is 1. The zero-order valence-electron chi connectivity index (χ0n) is 13.2. The minimum Gasteiger partial charge on any atom is -0.372 e. The highest BCUT2D eigenvalue weighted by Gasteiger charge is 2.07. The van der Waals surface area contributed by atoms with Gasteiger partial charge in [0.05, 0.1) is 17.1 Å². The highest BCUT2D eigenvalue weighted by Crippen LogP contribution is 2.12. The predicted molar refractivity (Wildman–Crippen MR) is 92.5 cm³/mol. The molecule has 5 heteroatoms. The summed E-state index contributed by atoms with van der Waals surface area (Å²) in [5.74, 6) is 0.0491. The largest absolute Gasteiger partial charge is 0.372 e. The lowest BCUT2D eigenvalue weighted by Crippen LogP contribution is -2.30. The summed E-state index contributed by atoms with van der Waals surface area (Å²) in [4.78, 5) is 18.5. The van der Waals surface area contributed by atoms with Crippen LogP contribution in [0.15, 0.2) is 35.7 Å². The molecule has 1 amide bonds. The van der Waals surface area contributed by atoms with E-state index in [0.29, 0.717) is 13.0 Å². The average Bonchev–Trinajstić information content (AvgIpc) is 2.93. The predicted octanol–water partition coefficient (Wildman–Crippen LogP) is 3.03. The molecule has 0 spiro atoms. The summed E-state index contributed by atoms with van der Waals surface area (Å²) in [6, 6.07) is 10.4. The molecule has 0 saturated carbocycles. The van der Waals surface area contributed by atoms with Crippen LogP contribution in [0, 0.1) is 6.92 Å². The van der Waals surface area contributed by atoms with Gasteiger partial charge in [0.15, 0.2) is 0 Å². The summed E-state index contributed by atoms with van der Waals surface area (Å²) >= 11 is 1.58. The molecule has 4 nitrogen and oxygen atoms in total. The second-order valence-electron chi connectivity index (χ2n) is 5.15. The maximum absolute atomic E-state index is 11.8. The molecule has 1 N–H and O–H groups in total. The first-order chi connectivity index (χ1) is 10.7. The van der Waals surface area contributed by atoms with Crippen molar-refractivity contribution in [3.63, 3.8) is 0 Å². The third kappa shape index (κ3) is 5.15. The van der Waals surface area contributed by atoms with Crippen molar-refractivity contribution >= 4 is 22.9 Å². The molecule has 22 heavy (non-hydrogen) atoms. The van der Waals surface area contributed by atoms with Gasteiger partial charge in [-0.05, 0) is 32.4 Å². The van der Waals surface area contributed by atoms with Crippen LogP contribution in [0.25, 0.3) is 0 Å². The smallest absolute Gasteiger partial charge is 0.226 e. The molecule has 0 unspecified atom stereocenters. The number of carbonyl (C=O) groups excluding carboxylic acids is 1. The number of nitrogens with one attached hydrogen (secondary N) is 1. The number of amides is 1. The molecule has 0 aliphatic rings. The van der Waals surface area contributed by atoms with Crippen molar-refractivity contribution in [3.05, 3.63) is 46.4 Å². The summed E-state index contributed by atoms with van der Waals surface area (Å²) in [6.07, 6.45) is 1.31. The van der Waals surface area contributed by atoms with Gasteiger partial charge in [0.1, 0.15) is 0 Å². The van der Waals surface area contributed by atoms with Gasteiger partial charge in [-0.2, -0.15) is 0 Å². The van der Waals surface area contributed by atoms with E-state index >= 15 is 0 Å². The van der Waals surface area contributed by atoms with Crippen molar-refractivity contribution in [2.24, 2.45) is 0 Å². The number of para-hydroxylation sites is 1. The first kappa shape index (κ1) is 16.5. The van der Waals surface area contributed by atoms with Crippen molar-refractivity contribution in [1.82, 2.24) is 10.3 Å². The third-order valence-corrected chi connectivity index (χ3v) is 4.26. The Morgan fingerprint density at radius 3 is 2.73 bits per heavy atom. The second-order valence-corrected chi connectivity index (χ2v) is 6.22. The minimum atomic E-state index is 0.0491. The highest BCUT2D eigenvalue weighted by atomic mass is 32.1. The Kier molecular flexibility index (Phi) is 6.40. The Balaban J connectivity index is 1.68. The van der Waals surface area contributed by atoms with Gasteiger partial charge in [-0.1, -0.05) is 18.2 Å². The van der Waals surface area contributed by atoms with Gasteiger partial charge in [-0.3, -0.25) is 4.79 Å². The zero-order valence-corrected chi connectivity index (χ0v) is 14.0. The van der Waals surface area contributed by atoms with E-state index in [1.807, 2.05) is 18.4 Å². The number of hydrogen-bond donors (Lipinski definition) is 1. The van der Waals surface area contributed by atoms with E-state index in [-0.39, 0.29) is 5.91 Å². The van der Waals surface area contributed by atoms with Gasteiger partial charge in [0.25, 0.3) is 0 Å². The fourth-order valence-electron chi connectivity index (χ4n) is 2.32. The number of anilines is 1. The number of aryl methyl sites for hydroxylation is 1. The molecule has 2 rings (SSSR count). The molecule has 118 valence electrons. The van der Waals surface area contributed by atoms with Crippen molar-refractivity contribution in [2.75, 3.05) is 24.5 Å². The van der Waals surface area contributed by atoms with Crippen LogP contribution in [0.5, 0.6) is 0 Å². The van der Waals surface area contributed by atoms with E-state index < -0.39 is 0 Å². The van der Waals surface area contributed by atoms with E-state index in [2.05, 4.69) is 46.4 Å². The molecule has 1 aromatic heterocycles. The molecule has 0 bridgehead atoms. The van der Waals surface area contributed by atoms with Crippen LogP contribution in [0.1, 0.15) is 24.0 Å². The zero-order chi connectivity index (χ0) is 15.8. The first-order valence-electron chi connectivity index (χ1n) is 7.66. The van der Waals surface area contributed by atoms with Crippen LogP contribution in [0.2, 0.25) is 0 Å². The fourth-order valence-corrected chi connectivity index (χ4v) is 2.94. The summed E-state index contributed by atoms with van der Waals surface area (Å²) in [5, 5.41) is 5.92. The normalized spacial score (nSPS) is 10.5. The van der Waals surface area contributed by atoms with E-state index in [0.717, 1.165) is 30.2 Å². The van der Waals surface area contributed by atoms with Crippen LogP contribution in [0.3, 0.4) is 0 Å². The standard InChI is InChI=1S/C17H23N3OS/c1-3-20(16-8-5-4-6-9-16)11-7-10-18-17(21)12-15-13-22-14(2)19-15/h4-6,8-9,13H,3,7,10-12H2,1-2H3,(H,18,21). The van der Waals surface area contributed by atoms with E-state index in [1.165, 1.54) is 5.69 Å². The third-order valence-electron chi connectivity index (χ3n) is 3.44. The van der Waals surface area contributed by atoms with Gasteiger partial charge in [0, 0.05) is 30.7 Å². The number of hydrogen-bond acceptors (Lipinski definition) is 4.